The fraction of sp³-hybridized carbons (Fsp3) is 0.0870. The molecule has 182 valence electrons. The van der Waals surface area contributed by atoms with E-state index in [1.807, 2.05) is 0 Å². The van der Waals surface area contributed by atoms with E-state index in [1.165, 1.54) is 13.0 Å². The Kier molecular flexibility index (Phi) is 7.04. The van der Waals surface area contributed by atoms with Gasteiger partial charge in [0.25, 0.3) is 11.8 Å². The number of carbonyl (C=O) groups excluding carboxylic acids is 2. The highest BCUT2D eigenvalue weighted by Crippen LogP contribution is 2.36. The molecule has 0 aliphatic rings. The molecule has 0 fully saturated rings. The van der Waals surface area contributed by atoms with Gasteiger partial charge in [0, 0.05) is 5.69 Å². The van der Waals surface area contributed by atoms with Crippen molar-refractivity contribution in [3.8, 4) is 11.5 Å². The van der Waals surface area contributed by atoms with Crippen LogP contribution in [0.5, 0.6) is 11.5 Å². The number of halogens is 5. The molecule has 3 aromatic carbocycles. The quantitative estimate of drug-likeness (QED) is 0.270. The third-order valence-corrected chi connectivity index (χ3v) is 4.60. The van der Waals surface area contributed by atoms with E-state index in [0.717, 1.165) is 36.4 Å². The molecule has 35 heavy (non-hydrogen) atoms. The molecule has 0 saturated carbocycles. The maximum atomic E-state index is 14.0. The second-order valence-electron chi connectivity index (χ2n) is 7.21. The van der Waals surface area contributed by atoms with Gasteiger partial charge < -0.3 is 21.5 Å². The van der Waals surface area contributed by atoms with Crippen molar-refractivity contribution >= 4 is 23.5 Å². The topological polar surface area (TPSA) is 120 Å². The lowest BCUT2D eigenvalue weighted by atomic mass is 10.1. The zero-order valence-electron chi connectivity index (χ0n) is 17.9. The summed E-state index contributed by atoms with van der Waals surface area (Å²) in [6.07, 6.45) is -4.73. The van der Waals surface area contributed by atoms with Gasteiger partial charge in [0.05, 0.1) is 16.7 Å². The Hall–Kier alpha value is -4.48. The number of alkyl halides is 3. The smallest absolute Gasteiger partial charge is 0.416 e. The van der Waals surface area contributed by atoms with Gasteiger partial charge in [-0.3, -0.25) is 9.59 Å². The zero-order valence-corrected chi connectivity index (χ0v) is 17.9. The van der Waals surface area contributed by atoms with Crippen LogP contribution in [0.3, 0.4) is 0 Å². The lowest BCUT2D eigenvalue weighted by Gasteiger charge is -2.16. The number of hydrogen-bond donors (Lipinski definition) is 3. The number of nitrogens with two attached hydrogens (primary N) is 2. The normalized spacial score (nSPS) is 11.0. The van der Waals surface area contributed by atoms with Gasteiger partial charge in [0.1, 0.15) is 23.1 Å². The molecule has 7 nitrogen and oxygen atoms in total. The summed E-state index contributed by atoms with van der Waals surface area (Å²) < 4.78 is 72.7. The minimum atomic E-state index is -4.73. The molecule has 0 aromatic heterocycles. The van der Waals surface area contributed by atoms with Crippen LogP contribution in [0.4, 0.5) is 27.6 Å². The van der Waals surface area contributed by atoms with Gasteiger partial charge in [-0.05, 0) is 67.1 Å². The van der Waals surface area contributed by atoms with Gasteiger partial charge in [-0.1, -0.05) is 0 Å². The van der Waals surface area contributed by atoms with Gasteiger partial charge in [-0.15, -0.1) is 0 Å². The molecular formula is C23H17F5N4O3. The van der Waals surface area contributed by atoms with Crippen molar-refractivity contribution in [2.45, 2.75) is 13.1 Å². The average molecular weight is 492 g/mol. The number of aliphatic imine (C=N–C) groups is 1. The second kappa shape index (κ2) is 9.79. The number of carbonyl (C=O) groups is 2. The van der Waals surface area contributed by atoms with E-state index >= 15 is 0 Å². The molecule has 0 bridgehead atoms. The molecule has 5 N–H and O–H groups in total. The highest BCUT2D eigenvalue weighted by Gasteiger charge is 2.32. The van der Waals surface area contributed by atoms with E-state index < -0.39 is 52.5 Å². The molecule has 0 aliphatic heterocycles. The van der Waals surface area contributed by atoms with Crippen LogP contribution in [0.1, 0.15) is 31.8 Å². The van der Waals surface area contributed by atoms with Crippen molar-refractivity contribution in [2.75, 3.05) is 5.32 Å². The van der Waals surface area contributed by atoms with E-state index in [1.54, 1.807) is 0 Å². The number of nitrogens with one attached hydrogen (secondary N) is 1. The largest absolute Gasteiger partial charge is 0.456 e. The van der Waals surface area contributed by atoms with Crippen molar-refractivity contribution in [2.24, 2.45) is 16.5 Å². The monoisotopic (exact) mass is 492 g/mol. The lowest BCUT2D eigenvalue weighted by molar-refractivity contribution is -0.137. The first-order valence-electron chi connectivity index (χ1n) is 9.75. The first-order chi connectivity index (χ1) is 16.3. The minimum absolute atomic E-state index is 0.0201. The van der Waals surface area contributed by atoms with E-state index in [9.17, 15) is 31.5 Å². The Labute approximate surface area is 195 Å². The summed E-state index contributed by atoms with van der Waals surface area (Å²) in [7, 11) is 0. The fourth-order valence-corrected chi connectivity index (χ4v) is 2.96. The van der Waals surface area contributed by atoms with E-state index in [0.29, 0.717) is 12.1 Å². The number of aryl methyl sites for hydroxylation is 1. The van der Waals surface area contributed by atoms with Gasteiger partial charge in [-0.2, -0.15) is 18.2 Å². The van der Waals surface area contributed by atoms with Crippen LogP contribution in [-0.2, 0) is 6.18 Å². The number of benzene rings is 3. The van der Waals surface area contributed by atoms with Crippen molar-refractivity contribution < 1.29 is 36.3 Å². The summed E-state index contributed by atoms with van der Waals surface area (Å²) >= 11 is 0. The predicted octanol–water partition coefficient (Wildman–Crippen LogP) is 4.75. The Bertz CT molecular complexity index is 1340. The van der Waals surface area contributed by atoms with Crippen molar-refractivity contribution in [1.82, 2.24) is 0 Å². The van der Waals surface area contributed by atoms with Crippen LogP contribution >= 0.6 is 0 Å². The molecule has 0 heterocycles. The summed E-state index contributed by atoms with van der Waals surface area (Å²) in [5.74, 6) is -4.64. The highest BCUT2D eigenvalue weighted by atomic mass is 19.4. The number of nitrogens with zero attached hydrogens (tertiary/aromatic N) is 1. The van der Waals surface area contributed by atoms with Gasteiger partial charge in [0.15, 0.2) is 5.96 Å². The van der Waals surface area contributed by atoms with Crippen LogP contribution in [0.2, 0.25) is 0 Å². The van der Waals surface area contributed by atoms with Crippen LogP contribution < -0.4 is 21.5 Å². The molecular weight excluding hydrogens is 475 g/mol. The van der Waals surface area contributed by atoms with Crippen LogP contribution in [-0.4, -0.2) is 17.8 Å². The van der Waals surface area contributed by atoms with E-state index in [-0.39, 0.29) is 22.6 Å². The van der Waals surface area contributed by atoms with E-state index in [2.05, 4.69) is 10.3 Å². The van der Waals surface area contributed by atoms with Crippen LogP contribution in [0.25, 0.3) is 0 Å². The maximum absolute atomic E-state index is 14.0. The number of anilines is 1. The zero-order chi connectivity index (χ0) is 25.9. The summed E-state index contributed by atoms with van der Waals surface area (Å²) in [5.41, 5.74) is 8.48. The van der Waals surface area contributed by atoms with Crippen LogP contribution in [0, 0.1) is 18.6 Å². The molecule has 0 spiro atoms. The Morgan fingerprint density at radius 1 is 0.914 bits per heavy atom. The van der Waals surface area contributed by atoms with Gasteiger partial charge >= 0.3 is 6.18 Å². The van der Waals surface area contributed by atoms with Crippen molar-refractivity contribution in [3.63, 3.8) is 0 Å². The van der Waals surface area contributed by atoms with Crippen molar-refractivity contribution in [3.05, 3.63) is 88.5 Å². The summed E-state index contributed by atoms with van der Waals surface area (Å²) in [6.45, 7) is 1.47. The van der Waals surface area contributed by atoms with Crippen LogP contribution in [0.15, 0.2) is 59.6 Å². The van der Waals surface area contributed by atoms with Crippen molar-refractivity contribution in [1.29, 1.82) is 0 Å². The summed E-state index contributed by atoms with van der Waals surface area (Å²) in [5, 5.41) is 2.35. The molecule has 0 radical (unpaired) electrons. The third-order valence-electron chi connectivity index (χ3n) is 4.60. The minimum Gasteiger partial charge on any atom is -0.456 e. The number of amides is 2. The maximum Gasteiger partial charge on any atom is 0.416 e. The molecule has 0 unspecified atom stereocenters. The number of guanidine groups is 1. The third kappa shape index (κ3) is 6.10. The first kappa shape index (κ1) is 25.1. The molecule has 3 aromatic rings. The Morgan fingerprint density at radius 3 is 2.26 bits per heavy atom. The Morgan fingerprint density at radius 2 is 1.63 bits per heavy atom. The molecule has 3 rings (SSSR count). The second-order valence-corrected chi connectivity index (χ2v) is 7.21. The van der Waals surface area contributed by atoms with Gasteiger partial charge in [-0.25, -0.2) is 8.78 Å². The number of rotatable bonds is 5. The first-order valence-corrected chi connectivity index (χ1v) is 9.75. The summed E-state index contributed by atoms with van der Waals surface area (Å²) in [6, 6.07) is 8.49. The standard InChI is InChI=1S/C23H17F5N4O3/c1-11-8-13(24)3-7-18(11)35-19-9-12(23(26,27)28)2-5-15(19)20(33)31-14-4-6-17(25)16(10-14)21(34)32-22(29)30/h2-10H,1H3,(H,31,33)(H4,29,30,32,34). The molecule has 0 aliphatic carbocycles. The molecule has 0 saturated heterocycles. The molecule has 2 amide bonds. The summed E-state index contributed by atoms with van der Waals surface area (Å²) in [4.78, 5) is 28.1. The Balaban J connectivity index is 1.99. The highest BCUT2D eigenvalue weighted by molar-refractivity contribution is 6.07. The SMILES string of the molecule is Cc1cc(F)ccc1Oc1cc(C(F)(F)F)ccc1C(=O)Nc1ccc(F)c(C(=O)N=C(N)N)c1. The molecule has 0 atom stereocenters. The van der Waals surface area contributed by atoms with E-state index in [4.69, 9.17) is 16.2 Å². The number of hydrogen-bond acceptors (Lipinski definition) is 3. The predicted molar refractivity (Wildman–Crippen MR) is 117 cm³/mol. The van der Waals surface area contributed by atoms with Gasteiger partial charge in [0.2, 0.25) is 0 Å². The average Bonchev–Trinajstić information content (AvgIpc) is 2.75. The number of ether oxygens (including phenoxy) is 1. The fourth-order valence-electron chi connectivity index (χ4n) is 2.96. The molecule has 12 heteroatoms. The lowest BCUT2D eigenvalue weighted by Crippen LogP contribution is -2.24.